The number of nitrogens with one attached hydrogen (secondary N) is 1. The SMILES string of the molecule is CCCNC(Cc1ccn(C)n1)C1CN2CCCC2CO1. The molecule has 2 aliphatic heterocycles. The smallest absolute Gasteiger partial charge is 0.0859 e. The molecular weight excluding hydrogens is 264 g/mol. The number of aromatic nitrogens is 2. The summed E-state index contributed by atoms with van der Waals surface area (Å²) in [6.07, 6.45) is 7.04. The van der Waals surface area contributed by atoms with Crippen LogP contribution in [0.4, 0.5) is 0 Å². The Hall–Kier alpha value is -0.910. The molecule has 2 fully saturated rings. The summed E-state index contributed by atoms with van der Waals surface area (Å²) < 4.78 is 8.07. The second-order valence-corrected chi connectivity index (χ2v) is 6.41. The molecule has 21 heavy (non-hydrogen) atoms. The molecule has 1 N–H and O–H groups in total. The molecule has 0 aromatic carbocycles. The van der Waals surface area contributed by atoms with Crippen molar-refractivity contribution in [2.24, 2.45) is 7.05 Å². The van der Waals surface area contributed by atoms with Crippen molar-refractivity contribution in [3.05, 3.63) is 18.0 Å². The maximum Gasteiger partial charge on any atom is 0.0859 e. The maximum absolute atomic E-state index is 6.19. The fourth-order valence-corrected chi connectivity index (χ4v) is 3.55. The van der Waals surface area contributed by atoms with Crippen LogP contribution in [-0.2, 0) is 18.2 Å². The molecule has 3 heterocycles. The van der Waals surface area contributed by atoms with Crippen LogP contribution in [0.3, 0.4) is 0 Å². The Morgan fingerprint density at radius 2 is 2.43 bits per heavy atom. The van der Waals surface area contributed by atoms with Crippen molar-refractivity contribution in [1.82, 2.24) is 20.0 Å². The van der Waals surface area contributed by atoms with Gasteiger partial charge in [-0.1, -0.05) is 6.92 Å². The lowest BCUT2D eigenvalue weighted by Gasteiger charge is -2.39. The second-order valence-electron chi connectivity index (χ2n) is 6.41. The van der Waals surface area contributed by atoms with E-state index in [1.54, 1.807) is 0 Å². The molecule has 5 nitrogen and oxygen atoms in total. The first kappa shape index (κ1) is 15.0. The summed E-state index contributed by atoms with van der Waals surface area (Å²) in [5, 5.41) is 8.20. The predicted molar refractivity (Wildman–Crippen MR) is 83.3 cm³/mol. The quantitative estimate of drug-likeness (QED) is 0.855. The molecule has 2 saturated heterocycles. The van der Waals surface area contributed by atoms with E-state index < -0.39 is 0 Å². The molecule has 0 amide bonds. The summed E-state index contributed by atoms with van der Waals surface area (Å²) in [4.78, 5) is 2.62. The highest BCUT2D eigenvalue weighted by Crippen LogP contribution is 2.24. The Labute approximate surface area is 127 Å². The molecule has 0 bridgehead atoms. The van der Waals surface area contributed by atoms with Crippen LogP contribution in [0.2, 0.25) is 0 Å². The van der Waals surface area contributed by atoms with Crippen LogP contribution >= 0.6 is 0 Å². The number of rotatable bonds is 6. The number of hydrogen-bond donors (Lipinski definition) is 1. The lowest BCUT2D eigenvalue weighted by molar-refractivity contribution is -0.0644. The molecular formula is C16H28N4O. The van der Waals surface area contributed by atoms with Gasteiger partial charge < -0.3 is 10.1 Å². The molecule has 0 aliphatic carbocycles. The highest BCUT2D eigenvalue weighted by Gasteiger charge is 2.35. The van der Waals surface area contributed by atoms with Crippen LogP contribution in [0.1, 0.15) is 31.9 Å². The van der Waals surface area contributed by atoms with Gasteiger partial charge in [-0.05, 0) is 38.4 Å². The largest absolute Gasteiger partial charge is 0.374 e. The highest BCUT2D eigenvalue weighted by atomic mass is 16.5. The fraction of sp³-hybridized carbons (Fsp3) is 0.812. The third-order valence-corrected chi connectivity index (χ3v) is 4.72. The van der Waals surface area contributed by atoms with Crippen LogP contribution in [0.25, 0.3) is 0 Å². The van der Waals surface area contributed by atoms with Gasteiger partial charge in [0.2, 0.25) is 0 Å². The molecule has 118 valence electrons. The lowest BCUT2D eigenvalue weighted by atomic mass is 10.0. The Balaban J connectivity index is 1.63. The van der Waals surface area contributed by atoms with Crippen molar-refractivity contribution in [3.8, 4) is 0 Å². The maximum atomic E-state index is 6.19. The number of nitrogens with zero attached hydrogens (tertiary/aromatic N) is 3. The molecule has 3 rings (SSSR count). The summed E-state index contributed by atoms with van der Waals surface area (Å²) in [6, 6.07) is 3.14. The highest BCUT2D eigenvalue weighted by molar-refractivity contribution is 5.03. The zero-order valence-electron chi connectivity index (χ0n) is 13.3. The first-order valence-corrected chi connectivity index (χ1v) is 8.34. The molecule has 3 atom stereocenters. The third kappa shape index (κ3) is 3.65. The van der Waals surface area contributed by atoms with Crippen molar-refractivity contribution in [2.45, 2.75) is 50.8 Å². The molecule has 0 spiro atoms. The second kappa shape index (κ2) is 6.90. The normalized spacial score (nSPS) is 27.7. The minimum atomic E-state index is 0.285. The summed E-state index contributed by atoms with van der Waals surface area (Å²) in [6.45, 7) is 6.47. The minimum Gasteiger partial charge on any atom is -0.374 e. The summed E-state index contributed by atoms with van der Waals surface area (Å²) in [5.41, 5.74) is 1.15. The van der Waals surface area contributed by atoms with E-state index in [0.717, 1.165) is 38.2 Å². The van der Waals surface area contributed by atoms with Crippen molar-refractivity contribution < 1.29 is 4.74 Å². The number of fused-ring (bicyclic) bond motifs is 1. The summed E-state index contributed by atoms with van der Waals surface area (Å²) in [5.74, 6) is 0. The number of morpholine rings is 1. The summed E-state index contributed by atoms with van der Waals surface area (Å²) >= 11 is 0. The van der Waals surface area contributed by atoms with E-state index in [-0.39, 0.29) is 6.10 Å². The Morgan fingerprint density at radius 3 is 3.19 bits per heavy atom. The van der Waals surface area contributed by atoms with Gasteiger partial charge in [0.1, 0.15) is 0 Å². The van der Waals surface area contributed by atoms with Gasteiger partial charge >= 0.3 is 0 Å². The van der Waals surface area contributed by atoms with E-state index in [1.807, 2.05) is 17.9 Å². The average Bonchev–Trinajstić information content (AvgIpc) is 3.11. The van der Waals surface area contributed by atoms with Crippen molar-refractivity contribution in [3.63, 3.8) is 0 Å². The zero-order chi connectivity index (χ0) is 14.7. The fourth-order valence-electron chi connectivity index (χ4n) is 3.55. The molecule has 1 aromatic heterocycles. The third-order valence-electron chi connectivity index (χ3n) is 4.72. The van der Waals surface area contributed by atoms with E-state index in [1.165, 1.54) is 19.4 Å². The van der Waals surface area contributed by atoms with E-state index >= 15 is 0 Å². The monoisotopic (exact) mass is 292 g/mol. The van der Waals surface area contributed by atoms with Gasteiger partial charge in [0.15, 0.2) is 0 Å². The molecule has 0 saturated carbocycles. The van der Waals surface area contributed by atoms with Gasteiger partial charge in [0.05, 0.1) is 18.4 Å². The van der Waals surface area contributed by atoms with Gasteiger partial charge in [-0.25, -0.2) is 0 Å². The van der Waals surface area contributed by atoms with Gasteiger partial charge in [-0.2, -0.15) is 5.10 Å². The Bertz CT molecular complexity index is 447. The van der Waals surface area contributed by atoms with E-state index in [0.29, 0.717) is 12.1 Å². The zero-order valence-corrected chi connectivity index (χ0v) is 13.3. The van der Waals surface area contributed by atoms with E-state index in [9.17, 15) is 0 Å². The van der Waals surface area contributed by atoms with Crippen LogP contribution in [0.5, 0.6) is 0 Å². The van der Waals surface area contributed by atoms with E-state index in [4.69, 9.17) is 4.74 Å². The first-order valence-electron chi connectivity index (χ1n) is 8.34. The van der Waals surface area contributed by atoms with Crippen LogP contribution in [-0.4, -0.2) is 59.1 Å². The van der Waals surface area contributed by atoms with Crippen molar-refractivity contribution in [1.29, 1.82) is 0 Å². The topological polar surface area (TPSA) is 42.3 Å². The van der Waals surface area contributed by atoms with Gasteiger partial charge in [0.25, 0.3) is 0 Å². The summed E-state index contributed by atoms with van der Waals surface area (Å²) in [7, 11) is 1.98. The van der Waals surface area contributed by atoms with E-state index in [2.05, 4.69) is 28.3 Å². The predicted octanol–water partition coefficient (Wildman–Crippen LogP) is 1.19. The standard InChI is InChI=1S/C16H28N4O/c1-3-7-17-15(10-13-6-9-19(2)18-13)16-11-20-8-4-5-14(20)12-21-16/h6,9,14-17H,3-5,7-8,10-12H2,1-2H3. The number of hydrogen-bond acceptors (Lipinski definition) is 4. The first-order chi connectivity index (χ1) is 10.3. The van der Waals surface area contributed by atoms with Crippen LogP contribution in [0, 0.1) is 0 Å². The minimum absolute atomic E-state index is 0.285. The van der Waals surface area contributed by atoms with Gasteiger partial charge in [-0.3, -0.25) is 9.58 Å². The molecule has 5 heteroatoms. The van der Waals surface area contributed by atoms with Crippen LogP contribution in [0.15, 0.2) is 12.3 Å². The molecule has 3 unspecified atom stereocenters. The Kier molecular flexibility index (Phi) is 4.93. The number of aryl methyl sites for hydroxylation is 1. The van der Waals surface area contributed by atoms with Crippen LogP contribution < -0.4 is 5.32 Å². The van der Waals surface area contributed by atoms with Crippen molar-refractivity contribution in [2.75, 3.05) is 26.2 Å². The molecule has 0 radical (unpaired) electrons. The number of ether oxygens (including phenoxy) is 1. The van der Waals surface area contributed by atoms with Gasteiger partial charge in [0, 0.05) is 38.3 Å². The average molecular weight is 292 g/mol. The molecule has 1 aromatic rings. The Morgan fingerprint density at radius 1 is 1.52 bits per heavy atom. The van der Waals surface area contributed by atoms with Gasteiger partial charge in [-0.15, -0.1) is 0 Å². The molecule has 2 aliphatic rings. The van der Waals surface area contributed by atoms with Crippen molar-refractivity contribution >= 4 is 0 Å². The lowest BCUT2D eigenvalue weighted by Crippen LogP contribution is -2.55.